The predicted octanol–water partition coefficient (Wildman–Crippen LogP) is 3.43. The third-order valence-corrected chi connectivity index (χ3v) is 6.74. The Bertz CT molecular complexity index is 1170. The topological polar surface area (TPSA) is 75.7 Å². The van der Waals surface area contributed by atoms with Crippen molar-refractivity contribution in [3.63, 3.8) is 0 Å². The summed E-state index contributed by atoms with van der Waals surface area (Å²) in [4.78, 5) is 15.1. The van der Waals surface area contributed by atoms with E-state index < -0.39 is 10.0 Å². The van der Waals surface area contributed by atoms with Gasteiger partial charge >= 0.3 is 0 Å². The van der Waals surface area contributed by atoms with Crippen LogP contribution in [-0.4, -0.2) is 33.4 Å². The second kappa shape index (κ2) is 7.93. The van der Waals surface area contributed by atoms with E-state index >= 15 is 0 Å². The molecule has 0 spiro atoms. The zero-order valence-corrected chi connectivity index (χ0v) is 17.6. The molecule has 1 amide bonds. The highest BCUT2D eigenvalue weighted by Gasteiger charge is 2.26. The number of nitrogens with zero attached hydrogens (tertiary/aromatic N) is 1. The zero-order valence-electron chi connectivity index (χ0n) is 16.8. The van der Waals surface area contributed by atoms with Crippen LogP contribution in [0, 0.1) is 0 Å². The quantitative estimate of drug-likeness (QED) is 0.699. The standard InChI is InChI=1S/C23H22N2O4S/c1-24-30(27,28)22-13-16(11-12-21(22)29-2)23(26)25-14-17-7-3-5-9-19(17)20-10-6-4-8-18(20)15-25/h3-13,24H,14-15H2,1-2H3. The van der Waals surface area contributed by atoms with Crippen molar-refractivity contribution >= 4 is 15.9 Å². The fourth-order valence-corrected chi connectivity index (χ4v) is 4.68. The number of rotatable bonds is 4. The Morgan fingerprint density at radius 2 is 1.50 bits per heavy atom. The molecule has 6 nitrogen and oxygen atoms in total. The molecule has 0 aromatic heterocycles. The molecule has 30 heavy (non-hydrogen) atoms. The molecule has 0 saturated carbocycles. The number of carbonyl (C=O) groups excluding carboxylic acids is 1. The molecular formula is C23H22N2O4S. The number of hydrogen-bond donors (Lipinski definition) is 1. The van der Waals surface area contributed by atoms with Crippen molar-refractivity contribution in [1.82, 2.24) is 9.62 Å². The van der Waals surface area contributed by atoms with Crippen molar-refractivity contribution in [2.75, 3.05) is 14.2 Å². The molecule has 1 heterocycles. The first-order chi connectivity index (χ1) is 14.4. The van der Waals surface area contributed by atoms with Gasteiger partial charge in [0.05, 0.1) is 7.11 Å². The van der Waals surface area contributed by atoms with Crippen molar-refractivity contribution in [2.45, 2.75) is 18.0 Å². The molecule has 1 aliphatic rings. The zero-order chi connectivity index (χ0) is 21.3. The van der Waals surface area contributed by atoms with E-state index in [9.17, 15) is 13.2 Å². The molecule has 0 radical (unpaired) electrons. The molecule has 4 rings (SSSR count). The van der Waals surface area contributed by atoms with Gasteiger partial charge in [0.15, 0.2) is 0 Å². The van der Waals surface area contributed by atoms with Crippen LogP contribution in [0.3, 0.4) is 0 Å². The lowest BCUT2D eigenvalue weighted by Gasteiger charge is -2.22. The van der Waals surface area contributed by atoms with Crippen LogP contribution < -0.4 is 9.46 Å². The summed E-state index contributed by atoms with van der Waals surface area (Å²) in [5, 5.41) is 0. The summed E-state index contributed by atoms with van der Waals surface area (Å²) in [5.41, 5.74) is 4.61. The van der Waals surface area contributed by atoms with E-state index in [1.54, 1.807) is 11.0 Å². The van der Waals surface area contributed by atoms with Gasteiger partial charge in [-0.15, -0.1) is 0 Å². The van der Waals surface area contributed by atoms with Gasteiger partial charge in [0.25, 0.3) is 5.91 Å². The first-order valence-electron chi connectivity index (χ1n) is 9.51. The maximum atomic E-state index is 13.4. The van der Waals surface area contributed by atoms with E-state index in [1.165, 1.54) is 26.3 Å². The molecule has 0 fully saturated rings. The normalized spacial score (nSPS) is 13.2. The molecule has 0 saturated heterocycles. The van der Waals surface area contributed by atoms with E-state index in [4.69, 9.17) is 4.74 Å². The average Bonchev–Trinajstić information content (AvgIpc) is 2.95. The van der Waals surface area contributed by atoms with Gasteiger partial charge in [0, 0.05) is 18.7 Å². The summed E-state index contributed by atoms with van der Waals surface area (Å²) in [5.74, 6) is -0.0517. The molecule has 0 aliphatic carbocycles. The minimum atomic E-state index is -3.78. The van der Waals surface area contributed by atoms with Gasteiger partial charge in [-0.1, -0.05) is 48.5 Å². The van der Waals surface area contributed by atoms with Crippen LogP contribution in [0.4, 0.5) is 0 Å². The molecule has 0 unspecified atom stereocenters. The fourth-order valence-electron chi connectivity index (χ4n) is 3.76. The van der Waals surface area contributed by atoms with Crippen LogP contribution in [-0.2, 0) is 23.1 Å². The Labute approximate surface area is 176 Å². The monoisotopic (exact) mass is 422 g/mol. The van der Waals surface area contributed by atoms with Gasteiger partial charge in [-0.2, -0.15) is 0 Å². The lowest BCUT2D eigenvalue weighted by Crippen LogP contribution is -2.30. The lowest BCUT2D eigenvalue weighted by atomic mass is 9.97. The number of methoxy groups -OCH3 is 1. The number of carbonyl (C=O) groups is 1. The molecule has 1 aliphatic heterocycles. The van der Waals surface area contributed by atoms with Gasteiger partial charge in [0.2, 0.25) is 10.0 Å². The maximum Gasteiger partial charge on any atom is 0.254 e. The smallest absolute Gasteiger partial charge is 0.254 e. The molecule has 1 N–H and O–H groups in total. The summed E-state index contributed by atoms with van der Waals surface area (Å²) in [6.07, 6.45) is 0. The number of benzene rings is 3. The highest BCUT2D eigenvalue weighted by Crippen LogP contribution is 2.33. The Hall–Kier alpha value is -3.16. The number of fused-ring (bicyclic) bond motifs is 3. The van der Waals surface area contributed by atoms with E-state index in [1.807, 2.05) is 36.4 Å². The van der Waals surface area contributed by atoms with Crippen molar-refractivity contribution in [2.24, 2.45) is 0 Å². The van der Waals surface area contributed by atoms with Gasteiger partial charge in [-0.25, -0.2) is 13.1 Å². The molecule has 0 bridgehead atoms. The van der Waals surface area contributed by atoms with Crippen molar-refractivity contribution < 1.29 is 17.9 Å². The maximum absolute atomic E-state index is 13.4. The molecule has 154 valence electrons. The van der Waals surface area contributed by atoms with Crippen LogP contribution in [0.1, 0.15) is 21.5 Å². The highest BCUT2D eigenvalue weighted by atomic mass is 32.2. The van der Waals surface area contributed by atoms with Gasteiger partial charge in [-0.05, 0) is 47.5 Å². The summed E-state index contributed by atoms with van der Waals surface area (Å²) in [7, 11) is -1.06. The lowest BCUT2D eigenvalue weighted by molar-refractivity contribution is 0.0732. The van der Waals surface area contributed by atoms with E-state index in [0.29, 0.717) is 18.7 Å². The number of sulfonamides is 1. The van der Waals surface area contributed by atoms with Crippen LogP contribution in [0.5, 0.6) is 5.75 Å². The summed E-state index contributed by atoms with van der Waals surface area (Å²) in [6.45, 7) is 0.869. The number of amides is 1. The summed E-state index contributed by atoms with van der Waals surface area (Å²) < 4.78 is 32.3. The third kappa shape index (κ3) is 3.58. The van der Waals surface area contributed by atoms with Crippen molar-refractivity contribution in [3.8, 4) is 16.9 Å². The van der Waals surface area contributed by atoms with Gasteiger partial charge in [0.1, 0.15) is 10.6 Å². The van der Waals surface area contributed by atoms with E-state index in [2.05, 4.69) is 16.9 Å². The Balaban J connectivity index is 1.77. The SMILES string of the molecule is CNS(=O)(=O)c1cc(C(=O)N2Cc3ccccc3-c3ccccc3C2)ccc1OC. The minimum Gasteiger partial charge on any atom is -0.495 e. The Morgan fingerprint density at radius 3 is 2.03 bits per heavy atom. The predicted molar refractivity (Wildman–Crippen MR) is 115 cm³/mol. The average molecular weight is 423 g/mol. The molecule has 3 aromatic rings. The summed E-state index contributed by atoms with van der Waals surface area (Å²) in [6, 6.07) is 20.5. The third-order valence-electron chi connectivity index (χ3n) is 5.30. The van der Waals surface area contributed by atoms with Crippen LogP contribution >= 0.6 is 0 Å². The second-order valence-electron chi connectivity index (χ2n) is 7.05. The minimum absolute atomic E-state index is 0.0611. The molecule has 3 aromatic carbocycles. The van der Waals surface area contributed by atoms with Gasteiger partial charge < -0.3 is 9.64 Å². The first kappa shape index (κ1) is 20.1. The number of ether oxygens (including phenoxy) is 1. The van der Waals surface area contributed by atoms with Crippen LogP contribution in [0.25, 0.3) is 11.1 Å². The van der Waals surface area contributed by atoms with E-state index in [-0.39, 0.29) is 16.6 Å². The van der Waals surface area contributed by atoms with Gasteiger partial charge in [-0.3, -0.25) is 4.79 Å². The number of nitrogens with one attached hydrogen (secondary N) is 1. The van der Waals surface area contributed by atoms with E-state index in [0.717, 1.165) is 22.3 Å². The first-order valence-corrected chi connectivity index (χ1v) is 11.0. The summed E-state index contributed by atoms with van der Waals surface area (Å²) >= 11 is 0. The highest BCUT2D eigenvalue weighted by molar-refractivity contribution is 7.89. The molecule has 7 heteroatoms. The second-order valence-corrected chi connectivity index (χ2v) is 8.90. The Morgan fingerprint density at radius 1 is 0.933 bits per heavy atom. The van der Waals surface area contributed by atoms with Crippen molar-refractivity contribution in [1.29, 1.82) is 0 Å². The number of hydrogen-bond acceptors (Lipinski definition) is 4. The molecule has 0 atom stereocenters. The molecular weight excluding hydrogens is 400 g/mol. The Kier molecular flexibility index (Phi) is 5.32. The fraction of sp³-hybridized carbons (Fsp3) is 0.174. The van der Waals surface area contributed by atoms with Crippen LogP contribution in [0.15, 0.2) is 71.6 Å². The van der Waals surface area contributed by atoms with Crippen LogP contribution in [0.2, 0.25) is 0 Å². The van der Waals surface area contributed by atoms with Crippen molar-refractivity contribution in [3.05, 3.63) is 83.4 Å². The largest absolute Gasteiger partial charge is 0.495 e.